The number of ketones is 1. The fraction of sp³-hybridized carbons (Fsp3) is 0.320. The average Bonchev–Trinajstić information content (AvgIpc) is 3.21. The summed E-state index contributed by atoms with van der Waals surface area (Å²) < 4.78 is 42.2. The van der Waals surface area contributed by atoms with Crippen molar-refractivity contribution in [3.63, 3.8) is 0 Å². The normalized spacial score (nSPS) is 13.0. The zero-order valence-electron chi connectivity index (χ0n) is 21.7. The summed E-state index contributed by atoms with van der Waals surface area (Å²) in [5, 5.41) is 11.8. The number of nitrogens with one attached hydrogen (secondary N) is 1. The Morgan fingerprint density at radius 1 is 1.05 bits per heavy atom. The molecule has 1 aliphatic rings. The van der Waals surface area contributed by atoms with Crippen LogP contribution in [0.5, 0.6) is 5.75 Å². The molecule has 0 aromatic heterocycles. The highest BCUT2D eigenvalue weighted by Crippen LogP contribution is 2.29. The second kappa shape index (κ2) is 12.9. The second-order valence-corrected chi connectivity index (χ2v) is 10.1. The number of hydrogen-bond donors (Lipinski definition) is 3. The summed E-state index contributed by atoms with van der Waals surface area (Å²) in [7, 11) is -4.28. The molecule has 214 valence electrons. The molecule has 1 aliphatic heterocycles. The zero-order valence-corrected chi connectivity index (χ0v) is 22.5. The first-order valence-electron chi connectivity index (χ1n) is 12.0. The van der Waals surface area contributed by atoms with Crippen LogP contribution in [0.25, 0.3) is 0 Å². The molecular weight excluding hydrogens is 548 g/mol. The number of esters is 2. The predicted octanol–water partition coefficient (Wildman–Crippen LogP) is 0.867. The molecule has 0 fully saturated rings. The monoisotopic (exact) mass is 576 g/mol. The van der Waals surface area contributed by atoms with Crippen molar-refractivity contribution in [1.29, 1.82) is 0 Å². The Kier molecular flexibility index (Phi) is 9.66. The molecule has 1 amide bonds. The maximum absolute atomic E-state index is 13.1. The molecule has 0 radical (unpaired) electrons. The number of nitrogens with zero attached hydrogens (tertiary/aromatic N) is 2. The third-order valence-corrected chi connectivity index (χ3v) is 6.70. The number of hydrogen-bond acceptors (Lipinski definition) is 11. The van der Waals surface area contributed by atoms with Gasteiger partial charge in [-0.05, 0) is 49.7 Å². The van der Waals surface area contributed by atoms with Gasteiger partial charge in [0.1, 0.15) is 5.75 Å². The number of nitrogens with two attached hydrogens (primary N) is 1. The van der Waals surface area contributed by atoms with Crippen LogP contribution in [0.3, 0.4) is 0 Å². The molecule has 0 spiro atoms. The molecule has 2 aromatic carbocycles. The van der Waals surface area contributed by atoms with Crippen LogP contribution in [0.15, 0.2) is 41.6 Å². The van der Waals surface area contributed by atoms with E-state index in [-0.39, 0.29) is 49.1 Å². The van der Waals surface area contributed by atoms with E-state index in [0.717, 1.165) is 0 Å². The molecule has 0 unspecified atom stereocenters. The number of benzene rings is 2. The Balaban J connectivity index is 1.82. The molecule has 15 heteroatoms. The predicted molar refractivity (Wildman–Crippen MR) is 141 cm³/mol. The highest BCUT2D eigenvalue weighted by Gasteiger charge is 2.30. The number of carbonyl (C=O) groups excluding carboxylic acids is 4. The Morgan fingerprint density at radius 3 is 2.40 bits per heavy atom. The SMILES string of the molecule is CCOC(=O)COc1ccc(C(=O)CN2Cc3cc(/C(N)=N\O)ccc3C2=O)cc1NS(=O)(=O)CC(=O)OCC. The van der Waals surface area contributed by atoms with E-state index in [4.69, 9.17) is 20.4 Å². The summed E-state index contributed by atoms with van der Waals surface area (Å²) >= 11 is 0. The van der Waals surface area contributed by atoms with Gasteiger partial charge in [-0.15, -0.1) is 0 Å². The lowest BCUT2D eigenvalue weighted by Gasteiger charge is -2.17. The standard InChI is InChI=1S/C25H28N4O10S/c1-3-37-22(31)13-39-21-8-6-15(10-19(21)28-40(35,36)14-23(32)38-4-2)20(30)12-29-11-17-9-16(24(26)27-34)5-7-18(17)25(29)33/h5-10,28,34H,3-4,11-14H2,1-2H3,(H2,26,27). The van der Waals surface area contributed by atoms with E-state index in [1.54, 1.807) is 13.0 Å². The Bertz CT molecular complexity index is 1460. The first kappa shape index (κ1) is 29.9. The van der Waals surface area contributed by atoms with Crippen molar-refractivity contribution < 1.29 is 47.0 Å². The van der Waals surface area contributed by atoms with Crippen molar-refractivity contribution in [2.24, 2.45) is 10.9 Å². The largest absolute Gasteiger partial charge is 0.480 e. The van der Waals surface area contributed by atoms with Gasteiger partial charge in [0.05, 0.1) is 25.4 Å². The summed E-state index contributed by atoms with van der Waals surface area (Å²) in [6.07, 6.45) is 0. The molecule has 4 N–H and O–H groups in total. The van der Waals surface area contributed by atoms with E-state index < -0.39 is 46.0 Å². The molecule has 40 heavy (non-hydrogen) atoms. The van der Waals surface area contributed by atoms with Gasteiger partial charge in [0.15, 0.2) is 24.0 Å². The van der Waals surface area contributed by atoms with Gasteiger partial charge in [0.2, 0.25) is 10.0 Å². The number of anilines is 1. The number of carbonyl (C=O) groups is 4. The second-order valence-electron chi connectivity index (χ2n) is 8.41. The smallest absolute Gasteiger partial charge is 0.344 e. The third kappa shape index (κ3) is 7.47. The molecule has 0 saturated carbocycles. The highest BCUT2D eigenvalue weighted by molar-refractivity contribution is 7.93. The zero-order chi connectivity index (χ0) is 29.4. The van der Waals surface area contributed by atoms with Gasteiger partial charge in [-0.3, -0.25) is 19.1 Å². The molecule has 3 rings (SSSR count). The van der Waals surface area contributed by atoms with Gasteiger partial charge in [0, 0.05) is 23.2 Å². The summed E-state index contributed by atoms with van der Waals surface area (Å²) in [6.45, 7) is 2.43. The van der Waals surface area contributed by atoms with Crippen LogP contribution in [-0.4, -0.2) is 80.1 Å². The van der Waals surface area contributed by atoms with Crippen LogP contribution in [0.4, 0.5) is 5.69 Å². The van der Waals surface area contributed by atoms with Gasteiger partial charge in [-0.2, -0.15) is 0 Å². The maximum Gasteiger partial charge on any atom is 0.344 e. The van der Waals surface area contributed by atoms with E-state index >= 15 is 0 Å². The van der Waals surface area contributed by atoms with Crippen molar-refractivity contribution >= 4 is 45.2 Å². The van der Waals surface area contributed by atoms with Crippen molar-refractivity contribution in [1.82, 2.24) is 4.90 Å². The molecule has 2 aromatic rings. The van der Waals surface area contributed by atoms with Crippen LogP contribution < -0.4 is 15.2 Å². The lowest BCUT2D eigenvalue weighted by atomic mass is 10.1. The summed E-state index contributed by atoms with van der Waals surface area (Å²) in [6, 6.07) is 8.41. The van der Waals surface area contributed by atoms with Crippen LogP contribution in [0, 0.1) is 0 Å². The number of amides is 1. The fourth-order valence-electron chi connectivity index (χ4n) is 3.80. The van der Waals surface area contributed by atoms with E-state index in [1.165, 1.54) is 42.2 Å². The van der Waals surface area contributed by atoms with Crippen LogP contribution in [-0.2, 0) is 35.6 Å². The number of Topliss-reactive ketones (excluding diaryl/α,β-unsaturated/α-hetero) is 1. The number of oxime groups is 1. The Morgan fingerprint density at radius 2 is 1.73 bits per heavy atom. The molecule has 14 nitrogen and oxygen atoms in total. The van der Waals surface area contributed by atoms with Crippen molar-refractivity contribution in [2.75, 3.05) is 36.8 Å². The van der Waals surface area contributed by atoms with Gasteiger partial charge in [0.25, 0.3) is 5.91 Å². The van der Waals surface area contributed by atoms with Crippen molar-refractivity contribution in [2.45, 2.75) is 20.4 Å². The Hall–Kier alpha value is -4.66. The minimum atomic E-state index is -4.28. The fourth-order valence-corrected chi connectivity index (χ4v) is 4.76. The van der Waals surface area contributed by atoms with E-state index in [0.29, 0.717) is 16.7 Å². The molecule has 1 heterocycles. The van der Waals surface area contributed by atoms with Crippen molar-refractivity contribution in [3.8, 4) is 5.75 Å². The number of sulfonamides is 1. The Labute approximate surface area is 229 Å². The van der Waals surface area contributed by atoms with E-state index in [2.05, 4.69) is 14.6 Å². The molecule has 0 atom stereocenters. The number of rotatable bonds is 13. The number of fused-ring (bicyclic) bond motifs is 1. The maximum atomic E-state index is 13.1. The van der Waals surface area contributed by atoms with Gasteiger partial charge >= 0.3 is 11.9 Å². The van der Waals surface area contributed by atoms with Gasteiger partial charge < -0.3 is 30.1 Å². The molecule has 0 saturated heterocycles. The molecule has 0 bridgehead atoms. The van der Waals surface area contributed by atoms with Gasteiger partial charge in [-0.1, -0.05) is 11.2 Å². The summed E-state index contributed by atoms with van der Waals surface area (Å²) in [4.78, 5) is 50.7. The summed E-state index contributed by atoms with van der Waals surface area (Å²) in [5.74, 6) is -3.85. The number of ether oxygens (including phenoxy) is 3. The topological polar surface area (TPSA) is 204 Å². The van der Waals surface area contributed by atoms with E-state index in [1.807, 2.05) is 0 Å². The van der Waals surface area contributed by atoms with Crippen molar-refractivity contribution in [3.05, 3.63) is 58.7 Å². The van der Waals surface area contributed by atoms with Crippen LogP contribution in [0.2, 0.25) is 0 Å². The minimum absolute atomic E-state index is 0.0188. The molecule has 0 aliphatic carbocycles. The van der Waals surface area contributed by atoms with Crippen LogP contribution in [0.1, 0.15) is 45.7 Å². The average molecular weight is 577 g/mol. The summed E-state index contributed by atoms with van der Waals surface area (Å²) in [5.41, 5.74) is 6.78. The van der Waals surface area contributed by atoms with E-state index in [9.17, 15) is 27.6 Å². The van der Waals surface area contributed by atoms with Crippen LogP contribution >= 0.6 is 0 Å². The lowest BCUT2D eigenvalue weighted by molar-refractivity contribution is -0.145. The molecular formula is C25H28N4O10S. The van der Waals surface area contributed by atoms with Gasteiger partial charge in [-0.25, -0.2) is 13.2 Å². The third-order valence-electron chi connectivity index (χ3n) is 5.55. The highest BCUT2D eigenvalue weighted by atomic mass is 32.2. The quantitative estimate of drug-likeness (QED) is 0.0762. The lowest BCUT2D eigenvalue weighted by Crippen LogP contribution is -2.30. The first-order chi connectivity index (χ1) is 19.0. The number of amidine groups is 1. The first-order valence-corrected chi connectivity index (χ1v) is 13.6. The minimum Gasteiger partial charge on any atom is -0.480 e.